The van der Waals surface area contributed by atoms with Gasteiger partial charge in [-0.25, -0.2) is 9.36 Å². The van der Waals surface area contributed by atoms with Crippen molar-refractivity contribution in [3.8, 4) is 0 Å². The van der Waals surface area contributed by atoms with E-state index in [1.165, 1.54) is 5.56 Å². The maximum Gasteiger partial charge on any atom is 0.416 e. The van der Waals surface area contributed by atoms with Gasteiger partial charge in [0.25, 0.3) is 0 Å². The minimum absolute atomic E-state index is 0.256. The molecule has 28 heteroatoms. The highest BCUT2D eigenvalue weighted by Gasteiger charge is 2.47. The Bertz CT molecular complexity index is 2560. The SMILES string of the molecule is CCCOC(=O)c1cc[n+](Cc2ccccc2)cc1.FC(F)(F)c1cc([B-](c2cc(C(F)(F)F)cc(C(F)(F)F)c2)(c2cc(C(F)(F)F)cc(C(F)(F)F)c2)c2cc(C(F)(F)F)cc(C(F)(F)F)c2)cc(C(F)(F)F)c1. The number of nitrogens with zero attached hydrogens (tertiary/aromatic N) is 1. The van der Waals surface area contributed by atoms with Crippen LogP contribution in [0.4, 0.5) is 105 Å². The second-order valence-corrected chi connectivity index (χ2v) is 16.6. The summed E-state index contributed by atoms with van der Waals surface area (Å²) in [6, 6.07) is 4.98. The molecule has 0 saturated heterocycles. The molecule has 0 atom stereocenters. The molecule has 0 N–H and O–H groups in total. The maximum absolute atomic E-state index is 14.2. The van der Waals surface area contributed by atoms with Gasteiger partial charge in [0.05, 0.1) is 56.7 Å². The van der Waals surface area contributed by atoms with Crippen molar-refractivity contribution in [3.05, 3.63) is 183 Å². The Morgan fingerprint density at radius 1 is 0.395 bits per heavy atom. The third-order valence-electron chi connectivity index (χ3n) is 11.2. The number of hydrogen-bond acceptors (Lipinski definition) is 2. The minimum Gasteiger partial charge on any atom is -0.462 e. The molecule has 410 valence electrons. The molecule has 0 radical (unpaired) electrons. The van der Waals surface area contributed by atoms with E-state index in [0.29, 0.717) is 12.2 Å². The van der Waals surface area contributed by atoms with Crippen LogP contribution >= 0.6 is 0 Å². The van der Waals surface area contributed by atoms with E-state index in [2.05, 4.69) is 12.1 Å². The van der Waals surface area contributed by atoms with Gasteiger partial charge >= 0.3 is 55.4 Å². The van der Waals surface area contributed by atoms with Gasteiger partial charge in [-0.05, 0) is 30.7 Å². The van der Waals surface area contributed by atoms with Crippen LogP contribution in [0.15, 0.2) is 128 Å². The third-order valence-corrected chi connectivity index (χ3v) is 11.2. The lowest BCUT2D eigenvalue weighted by Gasteiger charge is -2.46. The third kappa shape index (κ3) is 14.3. The minimum atomic E-state index is -6.13. The van der Waals surface area contributed by atoms with E-state index in [4.69, 9.17) is 4.74 Å². The summed E-state index contributed by atoms with van der Waals surface area (Å²) in [5.74, 6) is -0.256. The van der Waals surface area contributed by atoms with Crippen LogP contribution < -0.4 is 26.4 Å². The Balaban J connectivity index is 0.000000468. The molecule has 0 spiro atoms. The monoisotopic (exact) mass is 1120 g/mol. The van der Waals surface area contributed by atoms with Crippen LogP contribution in [0.2, 0.25) is 0 Å². The molecule has 6 rings (SSSR count). The first-order valence-corrected chi connectivity index (χ1v) is 21.1. The standard InChI is InChI=1S/C32H12BF24.C16H18NO2/c34-25(35,36)13-1-14(26(37,38)39)6-21(5-13)33(22-7-15(27(40,41)42)2-16(8-22)28(43,44)45,23-9-17(29(46,47)48)3-18(10-23)30(49,50)51)24-11-19(31(52,53)54)4-20(12-24)32(55,56)57;1-2-12-19-16(18)15-8-10-17(11-9-15)13-14-6-4-3-5-7-14/h1-12H;3-11H,2,12-13H2,1H3/q-1;+1. The van der Waals surface area contributed by atoms with E-state index in [-0.39, 0.29) is 5.97 Å². The predicted octanol–water partition coefficient (Wildman–Crippen LogP) is 13.8. The Kier molecular flexibility index (Phi) is 16.8. The lowest BCUT2D eigenvalue weighted by molar-refractivity contribution is -0.688. The van der Waals surface area contributed by atoms with Gasteiger partial charge in [0.1, 0.15) is 6.15 Å². The summed E-state index contributed by atoms with van der Waals surface area (Å²) in [6.45, 7) is 3.25. The van der Waals surface area contributed by atoms with Crippen molar-refractivity contribution in [2.75, 3.05) is 6.61 Å². The summed E-state index contributed by atoms with van der Waals surface area (Å²) < 4.78 is 348. The number of rotatable bonds is 9. The van der Waals surface area contributed by atoms with E-state index in [0.717, 1.165) is 13.0 Å². The molecule has 0 bridgehead atoms. The average Bonchev–Trinajstić information content (AvgIpc) is 3.29. The number of hydrogen-bond donors (Lipinski definition) is 0. The quantitative estimate of drug-likeness (QED) is 0.0625. The molecule has 5 aromatic carbocycles. The first kappa shape index (κ1) is 60.0. The number of esters is 1. The zero-order valence-electron chi connectivity index (χ0n) is 37.7. The zero-order valence-corrected chi connectivity index (χ0v) is 37.7. The van der Waals surface area contributed by atoms with E-state index in [1.54, 1.807) is 12.1 Å². The summed E-state index contributed by atoms with van der Waals surface area (Å²) in [4.78, 5) is 11.6. The molecule has 0 aliphatic rings. The first-order chi connectivity index (χ1) is 34.6. The van der Waals surface area contributed by atoms with Gasteiger partial charge in [0.2, 0.25) is 0 Å². The molecule has 1 heterocycles. The Hall–Kier alpha value is -6.90. The highest BCUT2D eigenvalue weighted by Crippen LogP contribution is 2.41. The molecule has 0 fully saturated rings. The van der Waals surface area contributed by atoms with Crippen molar-refractivity contribution < 1.29 is 119 Å². The van der Waals surface area contributed by atoms with E-state index < -0.39 is 195 Å². The molecule has 6 aromatic rings. The topological polar surface area (TPSA) is 30.2 Å². The Morgan fingerprint density at radius 2 is 0.645 bits per heavy atom. The fourth-order valence-electron chi connectivity index (χ4n) is 7.84. The highest BCUT2D eigenvalue weighted by molar-refractivity contribution is 7.20. The van der Waals surface area contributed by atoms with Crippen LogP contribution in [0.1, 0.15) is 73.8 Å². The number of benzene rings is 5. The normalized spacial score (nSPS) is 13.3. The molecule has 1 aromatic heterocycles. The molecular weight excluding hydrogens is 1090 g/mol. The second kappa shape index (κ2) is 21.3. The molecule has 0 amide bonds. The molecule has 76 heavy (non-hydrogen) atoms. The largest absolute Gasteiger partial charge is 0.462 e. The summed E-state index contributed by atoms with van der Waals surface area (Å²) in [7, 11) is 0. The van der Waals surface area contributed by atoms with Crippen LogP contribution in [0.3, 0.4) is 0 Å². The number of halogens is 24. The van der Waals surface area contributed by atoms with Crippen molar-refractivity contribution in [2.24, 2.45) is 0 Å². The predicted molar refractivity (Wildman–Crippen MR) is 223 cm³/mol. The molecular formula is C48H30BF24NO2. The van der Waals surface area contributed by atoms with Gasteiger partial charge in [-0.2, -0.15) is 127 Å². The van der Waals surface area contributed by atoms with Gasteiger partial charge < -0.3 is 4.74 Å². The number of aromatic nitrogens is 1. The number of alkyl halides is 24. The van der Waals surface area contributed by atoms with Gasteiger partial charge in [-0.1, -0.05) is 85.8 Å². The first-order valence-electron chi connectivity index (χ1n) is 21.1. The van der Waals surface area contributed by atoms with E-state index in [1.807, 2.05) is 42.1 Å². The highest BCUT2D eigenvalue weighted by atomic mass is 19.4. The summed E-state index contributed by atoms with van der Waals surface area (Å²) in [6.07, 6.45) is -50.2. The zero-order chi connectivity index (χ0) is 57.4. The lowest BCUT2D eigenvalue weighted by Crippen LogP contribution is -2.75. The van der Waals surface area contributed by atoms with Crippen LogP contribution in [0.5, 0.6) is 0 Å². The van der Waals surface area contributed by atoms with Gasteiger partial charge in [-0.3, -0.25) is 0 Å². The van der Waals surface area contributed by atoms with E-state index >= 15 is 0 Å². The van der Waals surface area contributed by atoms with Crippen molar-refractivity contribution >= 4 is 34.0 Å². The smallest absolute Gasteiger partial charge is 0.416 e. The van der Waals surface area contributed by atoms with Gasteiger partial charge in [0, 0.05) is 17.7 Å². The van der Waals surface area contributed by atoms with Gasteiger partial charge in [-0.15, -0.1) is 0 Å². The maximum atomic E-state index is 14.2. The summed E-state index contributed by atoms with van der Waals surface area (Å²) in [5.41, 5.74) is -28.4. The van der Waals surface area contributed by atoms with Crippen molar-refractivity contribution in [3.63, 3.8) is 0 Å². The van der Waals surface area contributed by atoms with Crippen LogP contribution in [-0.2, 0) is 60.7 Å². The van der Waals surface area contributed by atoms with Gasteiger partial charge in [0.15, 0.2) is 18.9 Å². The number of carbonyl (C=O) groups is 1. The molecule has 3 nitrogen and oxygen atoms in total. The second-order valence-electron chi connectivity index (χ2n) is 16.6. The number of ether oxygens (including phenoxy) is 1. The molecule has 0 saturated carbocycles. The summed E-state index contributed by atoms with van der Waals surface area (Å²) >= 11 is 0. The van der Waals surface area contributed by atoms with Crippen LogP contribution in [-0.4, -0.2) is 18.7 Å². The Morgan fingerprint density at radius 3 is 0.868 bits per heavy atom. The Labute approximate surface area is 412 Å². The van der Waals surface area contributed by atoms with Crippen molar-refractivity contribution in [1.29, 1.82) is 0 Å². The molecule has 0 aliphatic heterocycles. The van der Waals surface area contributed by atoms with Crippen molar-refractivity contribution in [2.45, 2.75) is 69.3 Å². The fraction of sp³-hybridized carbons (Fsp3) is 0.250. The number of pyridine rings is 1. The van der Waals surface area contributed by atoms with E-state index in [9.17, 15) is 110 Å². The lowest BCUT2D eigenvalue weighted by atomic mass is 9.12. The summed E-state index contributed by atoms with van der Waals surface area (Å²) in [5, 5.41) is 0. The number of carbonyl (C=O) groups excluding carboxylic acids is 1. The van der Waals surface area contributed by atoms with Crippen LogP contribution in [0, 0.1) is 0 Å². The molecule has 0 aliphatic carbocycles. The molecule has 0 unspecified atom stereocenters. The van der Waals surface area contributed by atoms with Crippen LogP contribution in [0.25, 0.3) is 0 Å². The fourth-order valence-corrected chi connectivity index (χ4v) is 7.84. The van der Waals surface area contributed by atoms with Crippen molar-refractivity contribution in [1.82, 2.24) is 0 Å². The average molecular weight is 1120 g/mol.